The minimum atomic E-state index is -4.84. The van der Waals surface area contributed by atoms with Crippen LogP contribution in [0.15, 0.2) is 67.1 Å². The van der Waals surface area contributed by atoms with Crippen LogP contribution in [0.4, 0.5) is 28.0 Å². The van der Waals surface area contributed by atoms with Crippen molar-refractivity contribution in [1.82, 2.24) is 15.3 Å². The number of carbonyl (C=O) groups is 1. The SMILES string of the molecule is O=C(Nc1cccnc1)NC(c1ccc(OC(F)(F)F)cc1)c1ncccc1F. The van der Waals surface area contributed by atoms with Gasteiger partial charge in [0.15, 0.2) is 0 Å². The zero-order chi connectivity index (χ0) is 20.9. The van der Waals surface area contributed by atoms with Crippen molar-refractivity contribution in [3.8, 4) is 5.75 Å². The maximum absolute atomic E-state index is 14.3. The molecule has 0 spiro atoms. The highest BCUT2D eigenvalue weighted by molar-refractivity contribution is 5.89. The van der Waals surface area contributed by atoms with E-state index >= 15 is 0 Å². The van der Waals surface area contributed by atoms with E-state index in [9.17, 15) is 22.4 Å². The molecule has 2 N–H and O–H groups in total. The standard InChI is InChI=1S/C19H14F4N4O2/c20-15-4-2-10-25-17(15)16(27-18(28)26-13-3-1-9-24-11-13)12-5-7-14(8-6-12)29-19(21,22)23/h1-11,16H,(H2,26,27,28). The lowest BCUT2D eigenvalue weighted by molar-refractivity contribution is -0.274. The van der Waals surface area contributed by atoms with E-state index in [1.807, 2.05) is 0 Å². The second-order valence-corrected chi connectivity index (χ2v) is 5.76. The van der Waals surface area contributed by atoms with Crippen LogP contribution in [0.2, 0.25) is 0 Å². The van der Waals surface area contributed by atoms with E-state index in [2.05, 4.69) is 25.3 Å². The number of benzene rings is 1. The number of amides is 2. The number of urea groups is 1. The largest absolute Gasteiger partial charge is 0.573 e. The van der Waals surface area contributed by atoms with Gasteiger partial charge in [-0.25, -0.2) is 9.18 Å². The van der Waals surface area contributed by atoms with Gasteiger partial charge in [0.05, 0.1) is 11.9 Å². The van der Waals surface area contributed by atoms with Crippen LogP contribution in [0.3, 0.4) is 0 Å². The molecule has 0 aliphatic rings. The molecule has 2 amide bonds. The van der Waals surface area contributed by atoms with E-state index in [0.717, 1.165) is 18.2 Å². The summed E-state index contributed by atoms with van der Waals surface area (Å²) < 4.78 is 55.2. The highest BCUT2D eigenvalue weighted by atomic mass is 19.4. The molecule has 150 valence electrons. The van der Waals surface area contributed by atoms with Crippen molar-refractivity contribution in [2.75, 3.05) is 5.32 Å². The molecule has 1 atom stereocenters. The Balaban J connectivity index is 1.86. The molecule has 3 rings (SSSR count). The molecule has 0 saturated carbocycles. The summed E-state index contributed by atoms with van der Waals surface area (Å²) in [6.07, 6.45) is -0.554. The molecule has 0 aliphatic heterocycles. The molecule has 0 fully saturated rings. The number of rotatable bonds is 5. The number of ether oxygens (including phenoxy) is 1. The van der Waals surface area contributed by atoms with Gasteiger partial charge in [0.2, 0.25) is 0 Å². The van der Waals surface area contributed by atoms with Crippen molar-refractivity contribution in [2.45, 2.75) is 12.4 Å². The number of aromatic nitrogens is 2. The van der Waals surface area contributed by atoms with Crippen LogP contribution in [-0.2, 0) is 0 Å². The minimum Gasteiger partial charge on any atom is -0.406 e. The summed E-state index contributed by atoms with van der Waals surface area (Å²) in [5.74, 6) is -1.13. The third kappa shape index (κ3) is 5.64. The van der Waals surface area contributed by atoms with E-state index in [1.165, 1.54) is 36.8 Å². The topological polar surface area (TPSA) is 76.1 Å². The Kier molecular flexibility index (Phi) is 5.91. The van der Waals surface area contributed by atoms with E-state index in [4.69, 9.17) is 0 Å². The number of pyridine rings is 2. The lowest BCUT2D eigenvalue weighted by atomic mass is 10.0. The summed E-state index contributed by atoms with van der Waals surface area (Å²) in [7, 11) is 0. The summed E-state index contributed by atoms with van der Waals surface area (Å²) in [5.41, 5.74) is 0.607. The molecule has 29 heavy (non-hydrogen) atoms. The Labute approximate surface area is 162 Å². The van der Waals surface area contributed by atoms with E-state index in [0.29, 0.717) is 11.3 Å². The Morgan fingerprint density at radius 3 is 2.38 bits per heavy atom. The highest BCUT2D eigenvalue weighted by Crippen LogP contribution is 2.27. The molecule has 2 heterocycles. The highest BCUT2D eigenvalue weighted by Gasteiger charge is 2.31. The molecule has 0 aliphatic carbocycles. The van der Waals surface area contributed by atoms with Crippen LogP contribution < -0.4 is 15.4 Å². The lowest BCUT2D eigenvalue weighted by Gasteiger charge is -2.20. The zero-order valence-electron chi connectivity index (χ0n) is 14.7. The molecule has 6 nitrogen and oxygen atoms in total. The normalized spacial score (nSPS) is 12.1. The third-order valence-electron chi connectivity index (χ3n) is 3.70. The van der Waals surface area contributed by atoms with Gasteiger partial charge in [-0.1, -0.05) is 12.1 Å². The molecule has 0 radical (unpaired) electrons. The van der Waals surface area contributed by atoms with Crippen LogP contribution >= 0.6 is 0 Å². The van der Waals surface area contributed by atoms with Gasteiger partial charge in [-0.05, 0) is 42.0 Å². The van der Waals surface area contributed by atoms with Crippen LogP contribution in [0, 0.1) is 5.82 Å². The molecule has 1 unspecified atom stereocenters. The first-order chi connectivity index (χ1) is 13.8. The molecular weight excluding hydrogens is 392 g/mol. The maximum atomic E-state index is 14.3. The Bertz CT molecular complexity index is 966. The number of hydrogen-bond donors (Lipinski definition) is 2. The van der Waals surface area contributed by atoms with Gasteiger partial charge in [0, 0.05) is 12.4 Å². The van der Waals surface area contributed by atoms with Crippen molar-refractivity contribution in [3.63, 3.8) is 0 Å². The predicted octanol–water partition coefficient (Wildman–Crippen LogP) is 4.43. The number of hydrogen-bond acceptors (Lipinski definition) is 4. The monoisotopic (exact) mass is 406 g/mol. The molecule has 0 saturated heterocycles. The van der Waals surface area contributed by atoms with Crippen molar-refractivity contribution >= 4 is 11.7 Å². The fourth-order valence-corrected chi connectivity index (χ4v) is 2.52. The van der Waals surface area contributed by atoms with Gasteiger partial charge in [-0.2, -0.15) is 0 Å². The molecule has 3 aromatic rings. The molecular formula is C19H14F4N4O2. The summed E-state index contributed by atoms with van der Waals surface area (Å²) >= 11 is 0. The van der Waals surface area contributed by atoms with Crippen LogP contribution in [0.25, 0.3) is 0 Å². The fourth-order valence-electron chi connectivity index (χ4n) is 2.52. The predicted molar refractivity (Wildman–Crippen MR) is 95.6 cm³/mol. The Hall–Kier alpha value is -3.69. The van der Waals surface area contributed by atoms with Crippen molar-refractivity contribution < 1.29 is 27.1 Å². The zero-order valence-corrected chi connectivity index (χ0v) is 14.7. The van der Waals surface area contributed by atoms with Gasteiger partial charge >= 0.3 is 12.4 Å². The van der Waals surface area contributed by atoms with E-state index in [1.54, 1.807) is 12.1 Å². The smallest absolute Gasteiger partial charge is 0.406 e. The van der Waals surface area contributed by atoms with Gasteiger partial charge < -0.3 is 15.4 Å². The number of alkyl halides is 3. The molecule has 1 aromatic carbocycles. The minimum absolute atomic E-state index is 0.0988. The average Bonchev–Trinajstić information content (AvgIpc) is 2.67. The quantitative estimate of drug-likeness (QED) is 0.615. The number of carbonyl (C=O) groups excluding carboxylic acids is 1. The van der Waals surface area contributed by atoms with E-state index < -0.39 is 30.0 Å². The van der Waals surface area contributed by atoms with Crippen molar-refractivity contribution in [3.05, 3.63) is 84.2 Å². The molecule has 0 bridgehead atoms. The summed E-state index contributed by atoms with van der Waals surface area (Å²) in [4.78, 5) is 20.2. The maximum Gasteiger partial charge on any atom is 0.573 e. The van der Waals surface area contributed by atoms with Crippen molar-refractivity contribution in [1.29, 1.82) is 0 Å². The van der Waals surface area contributed by atoms with Crippen LogP contribution in [0.1, 0.15) is 17.3 Å². The number of nitrogens with one attached hydrogen (secondary N) is 2. The summed E-state index contributed by atoms with van der Waals surface area (Å²) in [5, 5.41) is 5.10. The number of halogens is 4. The van der Waals surface area contributed by atoms with Gasteiger partial charge in [0.25, 0.3) is 0 Å². The number of anilines is 1. The fraction of sp³-hybridized carbons (Fsp3) is 0.105. The first-order valence-corrected chi connectivity index (χ1v) is 8.25. The van der Waals surface area contributed by atoms with Gasteiger partial charge in [-0.3, -0.25) is 9.97 Å². The van der Waals surface area contributed by atoms with Crippen LogP contribution in [-0.4, -0.2) is 22.4 Å². The van der Waals surface area contributed by atoms with Crippen LogP contribution in [0.5, 0.6) is 5.75 Å². The van der Waals surface area contributed by atoms with E-state index in [-0.39, 0.29) is 5.69 Å². The number of nitrogens with zero attached hydrogens (tertiary/aromatic N) is 2. The lowest BCUT2D eigenvalue weighted by Crippen LogP contribution is -2.34. The van der Waals surface area contributed by atoms with Crippen molar-refractivity contribution in [2.24, 2.45) is 0 Å². The first-order valence-electron chi connectivity index (χ1n) is 8.25. The molecule has 2 aromatic heterocycles. The Morgan fingerprint density at radius 2 is 1.76 bits per heavy atom. The van der Waals surface area contributed by atoms with Gasteiger partial charge in [0.1, 0.15) is 23.3 Å². The second-order valence-electron chi connectivity index (χ2n) is 5.76. The second kappa shape index (κ2) is 8.55. The third-order valence-corrected chi connectivity index (χ3v) is 3.70. The van der Waals surface area contributed by atoms with Gasteiger partial charge in [-0.15, -0.1) is 13.2 Å². The summed E-state index contributed by atoms with van der Waals surface area (Å²) in [6.45, 7) is 0. The summed E-state index contributed by atoms with van der Waals surface area (Å²) in [6, 6.07) is 8.72. The molecule has 10 heteroatoms. The Morgan fingerprint density at radius 1 is 1.03 bits per heavy atom. The average molecular weight is 406 g/mol. The first kappa shape index (κ1) is 20.1.